The van der Waals surface area contributed by atoms with Crippen LogP contribution in [0.25, 0.3) is 0 Å². The molecule has 0 aromatic heterocycles. The van der Waals surface area contributed by atoms with Crippen LogP contribution in [0.3, 0.4) is 0 Å². The maximum atomic E-state index is 10.4. The number of amidine groups is 1. The Morgan fingerprint density at radius 2 is 2.50 bits per heavy atom. The Kier molecular flexibility index (Phi) is 5.45. The van der Waals surface area contributed by atoms with E-state index in [0.717, 1.165) is 10.9 Å². The minimum absolute atomic E-state index is 0.495. The smallest absolute Gasteiger partial charge is 0.312 e. The first kappa shape index (κ1) is 13.2. The Hall–Kier alpha value is -0.910. The van der Waals surface area contributed by atoms with Crippen molar-refractivity contribution in [2.45, 2.75) is 26.3 Å². The van der Waals surface area contributed by atoms with Gasteiger partial charge in [-0.1, -0.05) is 25.6 Å². The molecule has 0 aliphatic carbocycles. The highest BCUT2D eigenvalue weighted by molar-refractivity contribution is 8.14. The summed E-state index contributed by atoms with van der Waals surface area (Å²) in [5, 5.41) is 6.87. The lowest BCUT2D eigenvalue weighted by Crippen LogP contribution is -2.32. The van der Waals surface area contributed by atoms with Gasteiger partial charge in [0.1, 0.15) is 0 Å². The van der Waals surface area contributed by atoms with Crippen LogP contribution in [-0.4, -0.2) is 36.1 Å². The second-order valence-corrected chi connectivity index (χ2v) is 5.27. The predicted molar refractivity (Wildman–Crippen MR) is 68.7 cm³/mol. The Morgan fingerprint density at radius 1 is 1.75 bits per heavy atom. The number of nitrogens with one attached hydrogen (secondary N) is 2. The highest BCUT2D eigenvalue weighted by Crippen LogP contribution is 2.18. The molecule has 0 aromatic carbocycles. The minimum atomic E-state index is -0.495. The molecule has 1 rings (SSSR count). The number of thioether (sulfide) groups is 1. The molecule has 1 aliphatic rings. The summed E-state index contributed by atoms with van der Waals surface area (Å²) in [7, 11) is 0. The van der Waals surface area contributed by atoms with Gasteiger partial charge in [-0.05, 0) is 12.3 Å². The molecular weight excluding hydrogens is 224 g/mol. The van der Waals surface area contributed by atoms with E-state index >= 15 is 0 Å². The van der Waals surface area contributed by atoms with E-state index in [1.165, 1.54) is 6.42 Å². The van der Waals surface area contributed by atoms with Crippen molar-refractivity contribution in [3.63, 3.8) is 0 Å². The van der Waals surface area contributed by atoms with Gasteiger partial charge in [0.2, 0.25) is 0 Å². The maximum Gasteiger partial charge on any atom is 0.312 e. The Balaban J connectivity index is 2.19. The van der Waals surface area contributed by atoms with Crippen molar-refractivity contribution in [1.82, 2.24) is 10.6 Å². The van der Waals surface area contributed by atoms with Crippen molar-refractivity contribution in [2.75, 3.05) is 18.8 Å². The number of nitrogens with two attached hydrogens (primary N) is 1. The van der Waals surface area contributed by atoms with Gasteiger partial charge in [0.05, 0.1) is 6.54 Å². The number of hydrogen-bond acceptors (Lipinski definition) is 3. The number of hydrogen-bond donors (Lipinski definition) is 3. The molecule has 1 saturated heterocycles. The normalized spacial score (nSPS) is 22.4. The van der Waals surface area contributed by atoms with E-state index in [2.05, 4.69) is 29.5 Å². The first-order chi connectivity index (χ1) is 7.58. The number of aliphatic imine (C=N–C) groups is 1. The van der Waals surface area contributed by atoms with Crippen LogP contribution < -0.4 is 16.4 Å². The summed E-state index contributed by atoms with van der Waals surface area (Å²) in [6.07, 6.45) is 1.17. The van der Waals surface area contributed by atoms with E-state index in [1.54, 1.807) is 11.8 Å². The van der Waals surface area contributed by atoms with Crippen LogP contribution in [0, 0.1) is 5.92 Å². The number of carbonyl (C=O) groups excluding carboxylic acids is 1. The second kappa shape index (κ2) is 6.62. The summed E-state index contributed by atoms with van der Waals surface area (Å²) < 4.78 is 0. The second-order valence-electron chi connectivity index (χ2n) is 4.26. The van der Waals surface area contributed by atoms with Crippen LogP contribution in [0.5, 0.6) is 0 Å². The SMILES string of the molecule is CC(C)CC1CSC(=NCCNC(N)=O)N1. The molecule has 2 amide bonds. The lowest BCUT2D eigenvalue weighted by Gasteiger charge is -2.11. The summed E-state index contributed by atoms with van der Waals surface area (Å²) in [5.41, 5.74) is 4.94. The molecule has 1 unspecified atom stereocenters. The molecule has 0 radical (unpaired) electrons. The molecule has 92 valence electrons. The summed E-state index contributed by atoms with van der Waals surface area (Å²) in [6.45, 7) is 5.51. The van der Waals surface area contributed by atoms with Crippen molar-refractivity contribution < 1.29 is 4.79 Å². The lowest BCUT2D eigenvalue weighted by molar-refractivity contribution is 0.249. The van der Waals surface area contributed by atoms with Crippen LogP contribution in [-0.2, 0) is 0 Å². The number of amides is 2. The zero-order valence-corrected chi connectivity index (χ0v) is 10.6. The van der Waals surface area contributed by atoms with Gasteiger partial charge in [0, 0.05) is 18.3 Å². The van der Waals surface area contributed by atoms with Crippen LogP contribution in [0.15, 0.2) is 4.99 Å². The van der Waals surface area contributed by atoms with Gasteiger partial charge >= 0.3 is 6.03 Å². The van der Waals surface area contributed by atoms with Crippen LogP contribution in [0.1, 0.15) is 20.3 Å². The summed E-state index contributed by atoms with van der Waals surface area (Å²) in [6, 6.07) is 0.0396. The number of urea groups is 1. The molecule has 16 heavy (non-hydrogen) atoms. The molecule has 0 spiro atoms. The molecule has 0 bridgehead atoms. The third-order valence-electron chi connectivity index (χ3n) is 2.17. The van der Waals surface area contributed by atoms with E-state index in [9.17, 15) is 4.79 Å². The van der Waals surface area contributed by atoms with Crippen LogP contribution >= 0.6 is 11.8 Å². The Labute approximate surface area is 101 Å². The van der Waals surface area contributed by atoms with E-state index in [0.29, 0.717) is 25.0 Å². The summed E-state index contributed by atoms with van der Waals surface area (Å²) >= 11 is 1.75. The molecule has 1 atom stereocenters. The standard InChI is InChI=1S/C10H20N4OS/c1-7(2)5-8-6-16-10(14-8)13-4-3-12-9(11)15/h7-8H,3-6H2,1-2H3,(H,13,14)(H3,11,12,15). The molecular formula is C10H20N4OS. The molecule has 5 nitrogen and oxygen atoms in total. The summed E-state index contributed by atoms with van der Waals surface area (Å²) in [4.78, 5) is 14.8. The lowest BCUT2D eigenvalue weighted by atomic mass is 10.1. The third-order valence-corrected chi connectivity index (χ3v) is 3.26. The molecule has 1 aliphatic heterocycles. The van der Waals surface area contributed by atoms with E-state index in [1.807, 2.05) is 0 Å². The Bertz CT molecular complexity index is 268. The maximum absolute atomic E-state index is 10.4. The molecule has 1 heterocycles. The van der Waals surface area contributed by atoms with Gasteiger partial charge in [-0.15, -0.1) is 0 Å². The fraction of sp³-hybridized carbons (Fsp3) is 0.800. The van der Waals surface area contributed by atoms with E-state index in [4.69, 9.17) is 5.73 Å². The minimum Gasteiger partial charge on any atom is -0.361 e. The average molecular weight is 244 g/mol. The first-order valence-electron chi connectivity index (χ1n) is 5.55. The monoisotopic (exact) mass is 244 g/mol. The fourth-order valence-electron chi connectivity index (χ4n) is 1.56. The molecule has 6 heteroatoms. The zero-order chi connectivity index (χ0) is 12.0. The molecule has 0 aromatic rings. The third kappa shape index (κ3) is 5.25. The first-order valence-corrected chi connectivity index (χ1v) is 6.53. The van der Waals surface area contributed by atoms with Gasteiger partial charge in [0.25, 0.3) is 0 Å². The van der Waals surface area contributed by atoms with E-state index < -0.39 is 6.03 Å². The van der Waals surface area contributed by atoms with Crippen molar-refractivity contribution in [2.24, 2.45) is 16.6 Å². The number of rotatable bonds is 5. The largest absolute Gasteiger partial charge is 0.361 e. The number of primary amides is 1. The van der Waals surface area contributed by atoms with Crippen molar-refractivity contribution in [3.8, 4) is 0 Å². The van der Waals surface area contributed by atoms with Crippen molar-refractivity contribution >= 4 is 23.0 Å². The van der Waals surface area contributed by atoms with Gasteiger partial charge in [0.15, 0.2) is 5.17 Å². The van der Waals surface area contributed by atoms with Crippen LogP contribution in [0.4, 0.5) is 4.79 Å². The molecule has 0 saturated carbocycles. The summed E-state index contributed by atoms with van der Waals surface area (Å²) in [5.74, 6) is 1.79. The van der Waals surface area contributed by atoms with Gasteiger partial charge in [-0.25, -0.2) is 4.79 Å². The van der Waals surface area contributed by atoms with Crippen molar-refractivity contribution in [3.05, 3.63) is 0 Å². The molecule has 4 N–H and O–H groups in total. The Morgan fingerprint density at radius 3 is 3.12 bits per heavy atom. The predicted octanol–water partition coefficient (Wildman–Crippen LogP) is 0.762. The van der Waals surface area contributed by atoms with Crippen molar-refractivity contribution in [1.29, 1.82) is 0 Å². The van der Waals surface area contributed by atoms with Gasteiger partial charge in [-0.2, -0.15) is 0 Å². The topological polar surface area (TPSA) is 79.5 Å². The average Bonchev–Trinajstić information content (AvgIpc) is 2.59. The zero-order valence-electron chi connectivity index (χ0n) is 9.82. The highest BCUT2D eigenvalue weighted by Gasteiger charge is 2.20. The van der Waals surface area contributed by atoms with E-state index in [-0.39, 0.29) is 0 Å². The quantitative estimate of drug-likeness (QED) is 0.625. The highest BCUT2D eigenvalue weighted by atomic mass is 32.2. The van der Waals surface area contributed by atoms with Gasteiger partial charge in [-0.3, -0.25) is 4.99 Å². The number of carbonyl (C=O) groups is 1. The fourth-order valence-corrected chi connectivity index (χ4v) is 2.57. The number of nitrogens with zero attached hydrogens (tertiary/aromatic N) is 1. The van der Waals surface area contributed by atoms with Gasteiger partial charge < -0.3 is 16.4 Å². The molecule has 1 fully saturated rings. The van der Waals surface area contributed by atoms with Crippen LogP contribution in [0.2, 0.25) is 0 Å².